The van der Waals surface area contributed by atoms with Crippen LogP contribution in [-0.2, 0) is 16.1 Å². The SMILES string of the molecule is C[C@@H]1C[C@@H](Sc2nnc(COc3ccccc3F)n2-c2ccccc2)C(=O)O1. The molecule has 2 atom stereocenters. The Balaban J connectivity index is 1.62. The second kappa shape index (κ2) is 8.02. The van der Waals surface area contributed by atoms with Crippen molar-refractivity contribution < 1.29 is 18.7 Å². The molecule has 0 aliphatic carbocycles. The summed E-state index contributed by atoms with van der Waals surface area (Å²) in [6.45, 7) is 1.91. The van der Waals surface area contributed by atoms with Crippen LogP contribution < -0.4 is 4.74 Å². The maximum absolute atomic E-state index is 13.8. The fourth-order valence-corrected chi connectivity index (χ4v) is 4.13. The minimum atomic E-state index is -0.439. The zero-order valence-corrected chi connectivity index (χ0v) is 15.9. The van der Waals surface area contributed by atoms with E-state index in [1.54, 1.807) is 18.2 Å². The summed E-state index contributed by atoms with van der Waals surface area (Å²) in [4.78, 5) is 12.0. The van der Waals surface area contributed by atoms with Gasteiger partial charge in [0, 0.05) is 12.1 Å². The minimum Gasteiger partial charge on any atom is -0.483 e. The van der Waals surface area contributed by atoms with Gasteiger partial charge in [-0.05, 0) is 31.2 Å². The number of halogens is 1. The van der Waals surface area contributed by atoms with Gasteiger partial charge in [0.25, 0.3) is 0 Å². The van der Waals surface area contributed by atoms with E-state index in [9.17, 15) is 9.18 Å². The normalized spacial score (nSPS) is 18.9. The fourth-order valence-electron chi connectivity index (χ4n) is 2.95. The number of benzene rings is 2. The lowest BCUT2D eigenvalue weighted by Gasteiger charge is -2.12. The van der Waals surface area contributed by atoms with Gasteiger partial charge in [0.2, 0.25) is 0 Å². The smallest absolute Gasteiger partial charge is 0.319 e. The minimum absolute atomic E-state index is 0.0366. The predicted molar refractivity (Wildman–Crippen MR) is 102 cm³/mol. The van der Waals surface area contributed by atoms with Gasteiger partial charge in [-0.1, -0.05) is 42.1 Å². The van der Waals surface area contributed by atoms with Crippen LogP contribution in [0, 0.1) is 5.82 Å². The second-order valence-corrected chi connectivity index (χ2v) is 7.55. The summed E-state index contributed by atoms with van der Waals surface area (Å²) in [6, 6.07) is 15.7. The van der Waals surface area contributed by atoms with Crippen LogP contribution in [0.5, 0.6) is 5.75 Å². The molecule has 0 saturated carbocycles. The Morgan fingerprint density at radius 1 is 1.18 bits per heavy atom. The highest BCUT2D eigenvalue weighted by Gasteiger charge is 2.34. The van der Waals surface area contributed by atoms with Crippen LogP contribution in [0.4, 0.5) is 4.39 Å². The quantitative estimate of drug-likeness (QED) is 0.588. The molecule has 8 heteroatoms. The number of ether oxygens (including phenoxy) is 2. The van der Waals surface area contributed by atoms with Crippen molar-refractivity contribution in [1.29, 1.82) is 0 Å². The number of cyclic esters (lactones) is 1. The van der Waals surface area contributed by atoms with E-state index in [1.165, 1.54) is 17.8 Å². The number of carbonyl (C=O) groups excluding carboxylic acids is 1. The van der Waals surface area contributed by atoms with E-state index in [1.807, 2.05) is 41.8 Å². The Labute approximate surface area is 165 Å². The highest BCUT2D eigenvalue weighted by molar-refractivity contribution is 8.00. The monoisotopic (exact) mass is 399 g/mol. The number of nitrogens with zero attached hydrogens (tertiary/aromatic N) is 3. The molecule has 144 valence electrons. The molecular formula is C20H18FN3O3S. The lowest BCUT2D eigenvalue weighted by atomic mass is 10.3. The molecule has 1 saturated heterocycles. The van der Waals surface area contributed by atoms with Crippen molar-refractivity contribution in [1.82, 2.24) is 14.8 Å². The maximum Gasteiger partial charge on any atom is 0.319 e. The molecule has 4 rings (SSSR count). The molecule has 1 fully saturated rings. The summed E-state index contributed by atoms with van der Waals surface area (Å²) >= 11 is 1.32. The molecule has 0 radical (unpaired) electrons. The Kier molecular flexibility index (Phi) is 5.29. The van der Waals surface area contributed by atoms with Crippen molar-refractivity contribution in [2.24, 2.45) is 0 Å². The van der Waals surface area contributed by atoms with Crippen molar-refractivity contribution >= 4 is 17.7 Å². The van der Waals surface area contributed by atoms with E-state index in [0.29, 0.717) is 17.4 Å². The summed E-state index contributed by atoms with van der Waals surface area (Å²) < 4.78 is 26.5. The van der Waals surface area contributed by atoms with Gasteiger partial charge in [0.15, 0.2) is 22.5 Å². The Hall–Kier alpha value is -2.87. The molecule has 28 heavy (non-hydrogen) atoms. The molecule has 1 aliphatic heterocycles. The van der Waals surface area contributed by atoms with Crippen molar-refractivity contribution in [2.45, 2.75) is 36.5 Å². The molecule has 0 amide bonds. The molecule has 0 unspecified atom stereocenters. The van der Waals surface area contributed by atoms with Gasteiger partial charge in [0.05, 0.1) is 0 Å². The lowest BCUT2D eigenvalue weighted by Crippen LogP contribution is -2.12. The highest BCUT2D eigenvalue weighted by atomic mass is 32.2. The van der Waals surface area contributed by atoms with Crippen molar-refractivity contribution in [3.63, 3.8) is 0 Å². The van der Waals surface area contributed by atoms with E-state index >= 15 is 0 Å². The van der Waals surface area contributed by atoms with E-state index in [-0.39, 0.29) is 29.7 Å². The molecule has 3 aromatic rings. The van der Waals surface area contributed by atoms with Crippen LogP contribution in [-0.4, -0.2) is 32.1 Å². The van der Waals surface area contributed by atoms with Crippen LogP contribution in [0.3, 0.4) is 0 Å². The van der Waals surface area contributed by atoms with E-state index in [0.717, 1.165) is 5.69 Å². The molecule has 6 nitrogen and oxygen atoms in total. The molecule has 2 aromatic carbocycles. The maximum atomic E-state index is 13.8. The fraction of sp³-hybridized carbons (Fsp3) is 0.250. The third-order valence-corrected chi connectivity index (χ3v) is 5.43. The first-order chi connectivity index (χ1) is 13.6. The molecule has 2 heterocycles. The number of hydrogen-bond acceptors (Lipinski definition) is 6. The number of rotatable bonds is 6. The van der Waals surface area contributed by atoms with Gasteiger partial charge < -0.3 is 9.47 Å². The lowest BCUT2D eigenvalue weighted by molar-refractivity contribution is -0.140. The Morgan fingerprint density at radius 3 is 2.64 bits per heavy atom. The number of para-hydroxylation sites is 2. The number of aromatic nitrogens is 3. The van der Waals surface area contributed by atoms with Crippen LogP contribution >= 0.6 is 11.8 Å². The number of carbonyl (C=O) groups is 1. The summed E-state index contributed by atoms with van der Waals surface area (Å²) in [6.07, 6.45) is 0.508. The van der Waals surface area contributed by atoms with E-state index in [4.69, 9.17) is 9.47 Å². The molecule has 1 aliphatic rings. The van der Waals surface area contributed by atoms with Gasteiger partial charge in [-0.2, -0.15) is 0 Å². The van der Waals surface area contributed by atoms with Gasteiger partial charge in [-0.15, -0.1) is 10.2 Å². The Bertz CT molecular complexity index is 980. The molecule has 0 bridgehead atoms. The molecule has 0 spiro atoms. The third-order valence-electron chi connectivity index (χ3n) is 4.28. The largest absolute Gasteiger partial charge is 0.483 e. The molecule has 1 aromatic heterocycles. The zero-order valence-electron chi connectivity index (χ0n) is 15.1. The summed E-state index contributed by atoms with van der Waals surface area (Å²) in [7, 11) is 0. The first kappa shape index (κ1) is 18.5. The Morgan fingerprint density at radius 2 is 1.93 bits per heavy atom. The van der Waals surface area contributed by atoms with Crippen LogP contribution in [0.25, 0.3) is 5.69 Å². The van der Waals surface area contributed by atoms with E-state index < -0.39 is 5.82 Å². The van der Waals surface area contributed by atoms with Crippen molar-refractivity contribution in [3.05, 3.63) is 66.2 Å². The highest BCUT2D eigenvalue weighted by Crippen LogP contribution is 2.33. The van der Waals surface area contributed by atoms with Crippen LogP contribution in [0.1, 0.15) is 19.2 Å². The van der Waals surface area contributed by atoms with E-state index in [2.05, 4.69) is 10.2 Å². The first-order valence-electron chi connectivity index (χ1n) is 8.86. The second-order valence-electron chi connectivity index (χ2n) is 6.38. The van der Waals surface area contributed by atoms with Gasteiger partial charge in [-0.3, -0.25) is 9.36 Å². The zero-order chi connectivity index (χ0) is 19.5. The van der Waals surface area contributed by atoms with Gasteiger partial charge in [-0.25, -0.2) is 4.39 Å². The average Bonchev–Trinajstić information content (AvgIpc) is 3.24. The van der Waals surface area contributed by atoms with Crippen molar-refractivity contribution in [3.8, 4) is 11.4 Å². The summed E-state index contributed by atoms with van der Waals surface area (Å²) in [5.74, 6) is -0.0290. The standard InChI is InChI=1S/C20H18FN3O3S/c1-13-11-17(19(25)27-13)28-20-23-22-18(24(20)14-7-3-2-4-8-14)12-26-16-10-6-5-9-15(16)21/h2-10,13,17H,11-12H2,1H3/t13-,17-/m1/s1. The number of hydrogen-bond donors (Lipinski definition) is 0. The average molecular weight is 399 g/mol. The number of esters is 1. The van der Waals surface area contributed by atoms with Gasteiger partial charge in [0.1, 0.15) is 18.0 Å². The summed E-state index contributed by atoms with van der Waals surface area (Å²) in [5.41, 5.74) is 0.835. The van der Waals surface area contributed by atoms with Gasteiger partial charge >= 0.3 is 5.97 Å². The summed E-state index contributed by atoms with van der Waals surface area (Å²) in [5, 5.41) is 8.69. The topological polar surface area (TPSA) is 66.2 Å². The van der Waals surface area contributed by atoms with Crippen molar-refractivity contribution in [2.75, 3.05) is 0 Å². The molecule has 0 N–H and O–H groups in total. The van der Waals surface area contributed by atoms with Crippen LogP contribution in [0.2, 0.25) is 0 Å². The predicted octanol–water partition coefficient (Wildman–Crippen LogP) is 3.78. The van der Waals surface area contributed by atoms with Crippen LogP contribution in [0.15, 0.2) is 59.8 Å². The first-order valence-corrected chi connectivity index (χ1v) is 9.74. The molecular weight excluding hydrogens is 381 g/mol. The third kappa shape index (κ3) is 3.87. The number of thioether (sulfide) groups is 1.